The van der Waals surface area contributed by atoms with Gasteiger partial charge in [0.15, 0.2) is 19.5 Å². The van der Waals surface area contributed by atoms with Crippen molar-refractivity contribution in [1.29, 1.82) is 0 Å². The van der Waals surface area contributed by atoms with E-state index < -0.39 is 14.0 Å². The summed E-state index contributed by atoms with van der Waals surface area (Å²) in [5, 5.41) is 0.633. The lowest BCUT2D eigenvalue weighted by Gasteiger charge is -2.36. The van der Waals surface area contributed by atoms with Crippen LogP contribution in [0.3, 0.4) is 0 Å². The Hall–Kier alpha value is -2.36. The first kappa shape index (κ1) is 28.2. The first-order valence-corrected chi connectivity index (χ1v) is 15.8. The zero-order valence-electron chi connectivity index (χ0n) is 22.7. The fraction of sp³-hybridized carbons (Fsp3) is 0.577. The van der Waals surface area contributed by atoms with Crippen molar-refractivity contribution < 1.29 is 9.16 Å². The van der Waals surface area contributed by atoms with Crippen LogP contribution in [0.25, 0.3) is 11.2 Å². The summed E-state index contributed by atoms with van der Waals surface area (Å²) < 4.78 is 16.8. The highest BCUT2D eigenvalue weighted by Crippen LogP contribution is 2.36. The number of imidazole rings is 1. The Morgan fingerprint density at radius 1 is 1.11 bits per heavy atom. The third kappa shape index (κ3) is 6.12. The van der Waals surface area contributed by atoms with Crippen LogP contribution >= 0.6 is 11.6 Å². The Balaban J connectivity index is 1.99. The van der Waals surface area contributed by atoms with Gasteiger partial charge in [0.2, 0.25) is 0 Å². The Morgan fingerprint density at radius 2 is 1.81 bits per heavy atom. The second-order valence-electron chi connectivity index (χ2n) is 11.2. The molecule has 36 heavy (non-hydrogen) atoms. The monoisotopic (exact) mass is 534 g/mol. The normalized spacial score (nSPS) is 12.6. The fourth-order valence-corrected chi connectivity index (χ4v) is 4.89. The van der Waals surface area contributed by atoms with E-state index >= 15 is 0 Å². The Bertz CT molecular complexity index is 1330. The molecule has 0 unspecified atom stereocenters. The molecule has 2 aromatic heterocycles. The van der Waals surface area contributed by atoms with Gasteiger partial charge in [0.05, 0.1) is 0 Å². The molecule has 0 N–H and O–H groups in total. The van der Waals surface area contributed by atoms with Crippen LogP contribution in [0.2, 0.25) is 23.2 Å². The van der Waals surface area contributed by atoms with Gasteiger partial charge in [0.1, 0.15) is 5.75 Å². The molecule has 0 aliphatic rings. The highest BCUT2D eigenvalue weighted by atomic mass is 35.5. The largest absolute Gasteiger partial charge is 0.425 e. The van der Waals surface area contributed by atoms with E-state index in [1.165, 1.54) is 9.13 Å². The smallest absolute Gasteiger partial charge is 0.332 e. The van der Waals surface area contributed by atoms with Crippen LogP contribution in [-0.4, -0.2) is 33.6 Å². The average molecular weight is 535 g/mol. The number of hydrogen-bond donors (Lipinski definition) is 0. The molecule has 10 heteroatoms. The number of rotatable bonds is 10. The number of aryl methyl sites for hydroxylation is 2. The van der Waals surface area contributed by atoms with E-state index in [2.05, 4.69) is 52.7 Å². The number of ether oxygens (including phenoxy) is 1. The maximum absolute atomic E-state index is 13.6. The molecule has 3 rings (SSSR count). The summed E-state index contributed by atoms with van der Waals surface area (Å²) in [6.07, 6.45) is 1.39. The molecule has 0 saturated heterocycles. The molecular formula is C26H39ClN4O4Si. The van der Waals surface area contributed by atoms with Crippen molar-refractivity contribution in [1.82, 2.24) is 18.7 Å². The minimum Gasteiger partial charge on any atom is -0.425 e. The molecule has 0 aliphatic carbocycles. The molecule has 0 spiro atoms. The lowest BCUT2D eigenvalue weighted by Crippen LogP contribution is -2.42. The standard InChI is InChI=1S/C26H39ClN4O4Si/c1-18(2)13-15-30-21-22(28-24(30)35-20-12-9-11-19(27)17-20)29(6)25(33)31(23(21)32)14-10-16-34-36(7,8)26(3,4)5/h9,11-12,17-18H,10,13-16H2,1-8H3. The topological polar surface area (TPSA) is 80.3 Å². The lowest BCUT2D eigenvalue weighted by atomic mass is 10.1. The van der Waals surface area contributed by atoms with E-state index in [-0.39, 0.29) is 23.2 Å². The molecule has 1 aromatic carbocycles. The summed E-state index contributed by atoms with van der Waals surface area (Å²) in [5.41, 5.74) is -0.0973. The summed E-state index contributed by atoms with van der Waals surface area (Å²) in [5.74, 6) is 0.917. The molecule has 3 aromatic rings. The number of benzene rings is 1. The number of fused-ring (bicyclic) bond motifs is 1. The van der Waals surface area contributed by atoms with Crippen LogP contribution < -0.4 is 16.0 Å². The third-order valence-corrected chi connectivity index (χ3v) is 11.7. The van der Waals surface area contributed by atoms with Gasteiger partial charge in [-0.1, -0.05) is 52.3 Å². The van der Waals surface area contributed by atoms with E-state index in [9.17, 15) is 9.59 Å². The van der Waals surface area contributed by atoms with Crippen molar-refractivity contribution in [2.24, 2.45) is 13.0 Å². The predicted octanol–water partition coefficient (Wildman–Crippen LogP) is 5.80. The lowest BCUT2D eigenvalue weighted by molar-refractivity contribution is 0.273. The molecule has 0 aliphatic heterocycles. The molecular weight excluding hydrogens is 496 g/mol. The Kier molecular flexibility index (Phi) is 8.58. The molecule has 0 amide bonds. The first-order valence-electron chi connectivity index (χ1n) is 12.5. The summed E-state index contributed by atoms with van der Waals surface area (Å²) in [6, 6.07) is 7.27. The van der Waals surface area contributed by atoms with E-state index in [1.54, 1.807) is 35.9 Å². The van der Waals surface area contributed by atoms with E-state index in [1.807, 2.05) is 0 Å². The number of hydrogen-bond acceptors (Lipinski definition) is 5. The van der Waals surface area contributed by atoms with Gasteiger partial charge < -0.3 is 9.16 Å². The van der Waals surface area contributed by atoms with Crippen LogP contribution in [0.5, 0.6) is 11.8 Å². The number of aromatic nitrogens is 4. The van der Waals surface area contributed by atoms with Gasteiger partial charge in [-0.2, -0.15) is 4.98 Å². The minimum absolute atomic E-state index is 0.0984. The van der Waals surface area contributed by atoms with Crippen molar-refractivity contribution in [2.75, 3.05) is 6.61 Å². The molecule has 0 fully saturated rings. The second-order valence-corrected chi connectivity index (χ2v) is 16.5. The highest BCUT2D eigenvalue weighted by Gasteiger charge is 2.36. The van der Waals surface area contributed by atoms with Crippen LogP contribution in [-0.2, 0) is 24.6 Å². The summed E-state index contributed by atoms with van der Waals surface area (Å²) >= 11 is 6.12. The van der Waals surface area contributed by atoms with Gasteiger partial charge in [-0.05, 0) is 55.1 Å². The van der Waals surface area contributed by atoms with Gasteiger partial charge in [0, 0.05) is 31.8 Å². The van der Waals surface area contributed by atoms with Crippen molar-refractivity contribution in [3.8, 4) is 11.8 Å². The fourth-order valence-electron chi connectivity index (χ4n) is 3.62. The first-order chi connectivity index (χ1) is 16.7. The summed E-state index contributed by atoms with van der Waals surface area (Å²) in [4.78, 5) is 31.3. The van der Waals surface area contributed by atoms with Gasteiger partial charge in [-0.25, -0.2) is 4.79 Å². The second kappa shape index (κ2) is 10.9. The molecule has 0 radical (unpaired) electrons. The van der Waals surface area contributed by atoms with Gasteiger partial charge in [-0.3, -0.25) is 18.5 Å². The van der Waals surface area contributed by atoms with Gasteiger partial charge >= 0.3 is 11.7 Å². The van der Waals surface area contributed by atoms with Crippen molar-refractivity contribution in [2.45, 2.75) is 78.7 Å². The van der Waals surface area contributed by atoms with Crippen molar-refractivity contribution in [3.05, 3.63) is 50.1 Å². The van der Waals surface area contributed by atoms with E-state index in [0.717, 1.165) is 6.42 Å². The van der Waals surface area contributed by atoms with Crippen LogP contribution in [0.1, 0.15) is 47.5 Å². The van der Waals surface area contributed by atoms with Crippen molar-refractivity contribution in [3.63, 3.8) is 0 Å². The van der Waals surface area contributed by atoms with Crippen LogP contribution in [0.15, 0.2) is 33.9 Å². The average Bonchev–Trinajstić information content (AvgIpc) is 3.13. The minimum atomic E-state index is -1.90. The van der Waals surface area contributed by atoms with E-state index in [0.29, 0.717) is 47.4 Å². The Morgan fingerprint density at radius 3 is 2.42 bits per heavy atom. The van der Waals surface area contributed by atoms with Crippen molar-refractivity contribution >= 4 is 31.1 Å². The molecule has 2 heterocycles. The molecule has 0 saturated carbocycles. The van der Waals surface area contributed by atoms with E-state index in [4.69, 9.17) is 20.8 Å². The molecule has 0 atom stereocenters. The number of halogens is 1. The summed E-state index contributed by atoms with van der Waals surface area (Å²) in [6.45, 7) is 16.5. The maximum atomic E-state index is 13.6. The third-order valence-electron chi connectivity index (χ3n) is 6.93. The SMILES string of the molecule is CC(C)CCn1c(Oc2cccc(Cl)c2)nc2c1c(=O)n(CCCO[Si](C)(C)C(C)(C)C)c(=O)n2C. The Labute approximate surface area is 219 Å². The zero-order valence-corrected chi connectivity index (χ0v) is 24.5. The van der Waals surface area contributed by atoms with Crippen LogP contribution in [0.4, 0.5) is 0 Å². The maximum Gasteiger partial charge on any atom is 0.332 e. The number of nitrogens with zero attached hydrogens (tertiary/aromatic N) is 4. The highest BCUT2D eigenvalue weighted by molar-refractivity contribution is 6.74. The molecule has 8 nitrogen and oxygen atoms in total. The predicted molar refractivity (Wildman–Crippen MR) is 148 cm³/mol. The molecule has 0 bridgehead atoms. The summed E-state index contributed by atoms with van der Waals surface area (Å²) in [7, 11) is -0.269. The van der Waals surface area contributed by atoms with Gasteiger partial charge in [-0.15, -0.1) is 0 Å². The quantitative estimate of drug-likeness (QED) is 0.242. The van der Waals surface area contributed by atoms with Crippen LogP contribution in [0, 0.1) is 5.92 Å². The molecule has 198 valence electrons. The van der Waals surface area contributed by atoms with Gasteiger partial charge in [0.25, 0.3) is 5.56 Å². The zero-order chi connectivity index (χ0) is 26.8.